The zero-order chi connectivity index (χ0) is 14.4. The zero-order valence-corrected chi connectivity index (χ0v) is 11.3. The van der Waals surface area contributed by atoms with Crippen LogP contribution < -0.4 is 0 Å². The predicted molar refractivity (Wildman–Crippen MR) is 73.1 cm³/mol. The third-order valence-corrected chi connectivity index (χ3v) is 3.47. The van der Waals surface area contributed by atoms with Gasteiger partial charge in [0.05, 0.1) is 6.54 Å². The summed E-state index contributed by atoms with van der Waals surface area (Å²) in [7, 11) is 0. The van der Waals surface area contributed by atoms with Gasteiger partial charge >= 0.3 is 11.9 Å². The molecule has 0 amide bonds. The molecule has 5 heteroatoms. The first-order valence-corrected chi connectivity index (χ1v) is 6.83. The SMILES string of the molecule is O=C(CN1CCCC[C@@H]1C(=O)O)OCc1ccccc1. The normalized spacial score (nSPS) is 19.5. The minimum atomic E-state index is -0.861. The summed E-state index contributed by atoms with van der Waals surface area (Å²) in [6.07, 6.45) is 2.42. The molecule has 1 fully saturated rings. The van der Waals surface area contributed by atoms with Crippen molar-refractivity contribution in [2.75, 3.05) is 13.1 Å². The van der Waals surface area contributed by atoms with Gasteiger partial charge in [0.1, 0.15) is 12.6 Å². The molecule has 1 atom stereocenters. The Bertz CT molecular complexity index is 460. The second-order valence-corrected chi connectivity index (χ2v) is 4.97. The van der Waals surface area contributed by atoms with Crippen LogP contribution in [0.2, 0.25) is 0 Å². The molecule has 0 spiro atoms. The molecule has 0 saturated carbocycles. The van der Waals surface area contributed by atoms with Crippen molar-refractivity contribution in [1.82, 2.24) is 4.90 Å². The van der Waals surface area contributed by atoms with Crippen molar-refractivity contribution in [2.45, 2.75) is 31.9 Å². The lowest BCUT2D eigenvalue weighted by molar-refractivity contribution is -0.151. The highest BCUT2D eigenvalue weighted by Crippen LogP contribution is 2.17. The molecule has 1 aromatic rings. The molecule has 5 nitrogen and oxygen atoms in total. The Morgan fingerprint density at radius 1 is 1.25 bits per heavy atom. The molecule has 0 unspecified atom stereocenters. The fraction of sp³-hybridized carbons (Fsp3) is 0.467. The number of benzene rings is 1. The van der Waals surface area contributed by atoms with E-state index in [1.807, 2.05) is 30.3 Å². The van der Waals surface area contributed by atoms with Gasteiger partial charge in [-0.15, -0.1) is 0 Å². The van der Waals surface area contributed by atoms with Crippen molar-refractivity contribution < 1.29 is 19.4 Å². The molecule has 1 N–H and O–H groups in total. The summed E-state index contributed by atoms with van der Waals surface area (Å²) >= 11 is 0. The van der Waals surface area contributed by atoms with Crippen LogP contribution >= 0.6 is 0 Å². The number of carboxylic acid groups (broad SMARTS) is 1. The second-order valence-electron chi connectivity index (χ2n) is 4.97. The summed E-state index contributed by atoms with van der Waals surface area (Å²) in [5.41, 5.74) is 0.925. The maximum atomic E-state index is 11.8. The third-order valence-electron chi connectivity index (χ3n) is 3.47. The number of hydrogen-bond donors (Lipinski definition) is 1. The number of hydrogen-bond acceptors (Lipinski definition) is 4. The van der Waals surface area contributed by atoms with Gasteiger partial charge in [-0.05, 0) is 24.9 Å². The molecular weight excluding hydrogens is 258 g/mol. The van der Waals surface area contributed by atoms with Crippen molar-refractivity contribution in [3.05, 3.63) is 35.9 Å². The molecule has 0 bridgehead atoms. The quantitative estimate of drug-likeness (QED) is 0.829. The lowest BCUT2D eigenvalue weighted by Gasteiger charge is -2.31. The lowest BCUT2D eigenvalue weighted by atomic mass is 10.0. The van der Waals surface area contributed by atoms with E-state index >= 15 is 0 Å². The molecule has 108 valence electrons. The summed E-state index contributed by atoms with van der Waals surface area (Å²) < 4.78 is 5.19. The minimum absolute atomic E-state index is 0.0454. The number of esters is 1. The van der Waals surface area contributed by atoms with Crippen molar-refractivity contribution >= 4 is 11.9 Å². The van der Waals surface area contributed by atoms with Crippen LogP contribution in [0.1, 0.15) is 24.8 Å². The number of nitrogens with zero attached hydrogens (tertiary/aromatic N) is 1. The summed E-state index contributed by atoms with van der Waals surface area (Å²) in [6, 6.07) is 8.87. The van der Waals surface area contributed by atoms with E-state index in [0.29, 0.717) is 13.0 Å². The van der Waals surface area contributed by atoms with Crippen LogP contribution in [0.3, 0.4) is 0 Å². The molecular formula is C15H19NO4. The van der Waals surface area contributed by atoms with Gasteiger partial charge in [-0.1, -0.05) is 36.8 Å². The molecule has 1 heterocycles. The highest BCUT2D eigenvalue weighted by molar-refractivity contribution is 5.76. The monoisotopic (exact) mass is 277 g/mol. The van der Waals surface area contributed by atoms with Gasteiger partial charge in [0.25, 0.3) is 0 Å². The zero-order valence-electron chi connectivity index (χ0n) is 11.3. The third kappa shape index (κ3) is 4.06. The Balaban J connectivity index is 1.82. The Labute approximate surface area is 118 Å². The van der Waals surface area contributed by atoms with E-state index in [0.717, 1.165) is 18.4 Å². The fourth-order valence-corrected chi connectivity index (χ4v) is 2.41. The van der Waals surface area contributed by atoms with E-state index in [2.05, 4.69) is 0 Å². The van der Waals surface area contributed by atoms with Gasteiger partial charge in [0.2, 0.25) is 0 Å². The second kappa shape index (κ2) is 7.05. The largest absolute Gasteiger partial charge is 0.480 e. The summed E-state index contributed by atoms with van der Waals surface area (Å²) in [5, 5.41) is 9.14. The summed E-state index contributed by atoms with van der Waals surface area (Å²) in [5.74, 6) is -1.23. The molecule has 1 saturated heterocycles. The summed E-state index contributed by atoms with van der Waals surface area (Å²) in [6.45, 7) is 0.909. The number of carboxylic acids is 1. The number of likely N-dealkylation sites (tertiary alicyclic amines) is 1. The minimum Gasteiger partial charge on any atom is -0.480 e. The van der Waals surface area contributed by atoms with Gasteiger partial charge in [-0.3, -0.25) is 14.5 Å². The molecule has 1 aromatic carbocycles. The lowest BCUT2D eigenvalue weighted by Crippen LogP contribution is -2.47. The molecule has 1 aliphatic heterocycles. The first kappa shape index (κ1) is 14.5. The molecule has 0 radical (unpaired) electrons. The number of ether oxygens (including phenoxy) is 1. The van der Waals surface area contributed by atoms with Crippen LogP contribution in [0.25, 0.3) is 0 Å². The van der Waals surface area contributed by atoms with Crippen molar-refractivity contribution in [3.8, 4) is 0 Å². The highest BCUT2D eigenvalue weighted by atomic mass is 16.5. The van der Waals surface area contributed by atoms with Crippen LogP contribution in [-0.4, -0.2) is 41.1 Å². The van der Waals surface area contributed by atoms with Gasteiger partial charge in [-0.25, -0.2) is 0 Å². The average molecular weight is 277 g/mol. The summed E-state index contributed by atoms with van der Waals surface area (Å²) in [4.78, 5) is 24.6. The van der Waals surface area contributed by atoms with Gasteiger partial charge in [-0.2, -0.15) is 0 Å². The van der Waals surface area contributed by atoms with Crippen LogP contribution in [0.5, 0.6) is 0 Å². The number of carbonyl (C=O) groups is 2. The first-order valence-electron chi connectivity index (χ1n) is 6.83. The van der Waals surface area contributed by atoms with E-state index < -0.39 is 12.0 Å². The molecule has 0 aromatic heterocycles. The van der Waals surface area contributed by atoms with Crippen LogP contribution in [0, 0.1) is 0 Å². The van der Waals surface area contributed by atoms with Crippen LogP contribution in [0.15, 0.2) is 30.3 Å². The Morgan fingerprint density at radius 2 is 2.00 bits per heavy atom. The maximum Gasteiger partial charge on any atom is 0.320 e. The van der Waals surface area contributed by atoms with Crippen molar-refractivity contribution in [2.24, 2.45) is 0 Å². The van der Waals surface area contributed by atoms with Crippen LogP contribution in [-0.2, 0) is 20.9 Å². The molecule has 1 aliphatic rings. The van der Waals surface area contributed by atoms with E-state index in [1.165, 1.54) is 0 Å². The van der Waals surface area contributed by atoms with E-state index in [4.69, 9.17) is 9.84 Å². The van der Waals surface area contributed by atoms with E-state index in [-0.39, 0.29) is 19.1 Å². The van der Waals surface area contributed by atoms with Crippen molar-refractivity contribution in [3.63, 3.8) is 0 Å². The van der Waals surface area contributed by atoms with Gasteiger partial charge < -0.3 is 9.84 Å². The standard InChI is InChI=1S/C15H19NO4/c17-14(20-11-12-6-2-1-3-7-12)10-16-9-5-4-8-13(16)15(18)19/h1-3,6-7,13H,4-5,8-11H2,(H,18,19)/t13-/m1/s1. The topological polar surface area (TPSA) is 66.8 Å². The first-order chi connectivity index (χ1) is 9.66. The molecule has 2 rings (SSSR count). The van der Waals surface area contributed by atoms with Gasteiger partial charge in [0, 0.05) is 0 Å². The number of aliphatic carboxylic acids is 1. The van der Waals surface area contributed by atoms with Gasteiger partial charge in [0.15, 0.2) is 0 Å². The highest BCUT2D eigenvalue weighted by Gasteiger charge is 2.29. The fourth-order valence-electron chi connectivity index (χ4n) is 2.41. The number of piperidine rings is 1. The molecule has 20 heavy (non-hydrogen) atoms. The smallest absolute Gasteiger partial charge is 0.320 e. The maximum absolute atomic E-state index is 11.8. The molecule has 0 aliphatic carbocycles. The Hall–Kier alpha value is -1.88. The Morgan fingerprint density at radius 3 is 2.70 bits per heavy atom. The predicted octanol–water partition coefficient (Wildman–Crippen LogP) is 1.67. The Kier molecular flexibility index (Phi) is 5.12. The van der Waals surface area contributed by atoms with Crippen molar-refractivity contribution in [1.29, 1.82) is 0 Å². The average Bonchev–Trinajstić information content (AvgIpc) is 2.46. The number of carbonyl (C=O) groups excluding carboxylic acids is 1. The van der Waals surface area contributed by atoms with Crippen LogP contribution in [0.4, 0.5) is 0 Å². The number of rotatable bonds is 5. The van der Waals surface area contributed by atoms with E-state index in [9.17, 15) is 9.59 Å². The van der Waals surface area contributed by atoms with E-state index in [1.54, 1.807) is 4.90 Å².